The Morgan fingerprint density at radius 1 is 1.40 bits per heavy atom. The lowest BCUT2D eigenvalue weighted by Gasteiger charge is -2.03. The summed E-state index contributed by atoms with van der Waals surface area (Å²) in [5.74, 6) is 0. The molecule has 7 heteroatoms. The van der Waals surface area contributed by atoms with Crippen molar-refractivity contribution < 1.29 is 0 Å². The van der Waals surface area contributed by atoms with Gasteiger partial charge < -0.3 is 9.88 Å². The van der Waals surface area contributed by atoms with Gasteiger partial charge in [0.1, 0.15) is 10.7 Å². The molecule has 3 rings (SSSR count). The Balaban J connectivity index is 1.61. The van der Waals surface area contributed by atoms with Crippen LogP contribution < -0.4 is 5.32 Å². The predicted octanol–water partition coefficient (Wildman–Crippen LogP) is 3.35. The normalized spacial score (nSPS) is 11.1. The first-order valence-corrected chi connectivity index (χ1v) is 7.55. The van der Waals surface area contributed by atoms with Crippen molar-refractivity contribution in [2.24, 2.45) is 0 Å². The van der Waals surface area contributed by atoms with Gasteiger partial charge in [-0.15, -0.1) is 0 Å². The molecule has 0 fully saturated rings. The largest absolute Gasteiger partial charge is 0.361 e. The number of nitrogens with one attached hydrogen (secondary N) is 1. The number of imidazole rings is 1. The van der Waals surface area contributed by atoms with Crippen LogP contribution in [0.2, 0.25) is 5.15 Å². The topological polar surface area (TPSA) is 55.6 Å². The van der Waals surface area contributed by atoms with Crippen LogP contribution in [0.3, 0.4) is 0 Å². The van der Waals surface area contributed by atoms with E-state index in [1.165, 1.54) is 0 Å². The highest BCUT2D eigenvalue weighted by atomic mass is 35.5. The van der Waals surface area contributed by atoms with Crippen LogP contribution in [-0.4, -0.2) is 26.1 Å². The van der Waals surface area contributed by atoms with E-state index in [0.717, 1.165) is 40.6 Å². The summed E-state index contributed by atoms with van der Waals surface area (Å²) >= 11 is 7.56. The summed E-state index contributed by atoms with van der Waals surface area (Å²) in [5, 5.41) is 4.78. The molecule has 0 aliphatic carbocycles. The molecule has 0 aliphatic rings. The number of thiazole rings is 1. The first kappa shape index (κ1) is 13.3. The molecule has 3 aromatic rings. The second-order valence-electron chi connectivity index (χ2n) is 4.48. The Kier molecular flexibility index (Phi) is 3.84. The third-order valence-electron chi connectivity index (χ3n) is 2.95. The molecule has 0 spiro atoms. The summed E-state index contributed by atoms with van der Waals surface area (Å²) in [7, 11) is 0. The fraction of sp³-hybridized carbons (Fsp3) is 0.308. The van der Waals surface area contributed by atoms with Gasteiger partial charge in [0.05, 0.1) is 16.7 Å². The number of halogens is 1. The molecule has 0 saturated heterocycles. The molecule has 3 heterocycles. The van der Waals surface area contributed by atoms with E-state index in [9.17, 15) is 0 Å². The fourth-order valence-corrected chi connectivity index (χ4v) is 3.27. The molecule has 3 aromatic heterocycles. The zero-order chi connectivity index (χ0) is 13.9. The standard InChI is InChI=1S/C13H14ClN5S/c1-9-12-10(7-11(14)17-9)20-13(18-12)16-3-2-5-19-6-4-15-8-19/h4,6-8H,2-3,5H2,1H3,(H,16,18). The highest BCUT2D eigenvalue weighted by Gasteiger charge is 2.08. The Hall–Kier alpha value is -1.66. The molecule has 1 N–H and O–H groups in total. The summed E-state index contributed by atoms with van der Waals surface area (Å²) in [6.45, 7) is 3.75. The number of aromatic nitrogens is 4. The molecule has 0 radical (unpaired) electrons. The number of aryl methyl sites for hydroxylation is 2. The summed E-state index contributed by atoms with van der Waals surface area (Å²) in [6, 6.07) is 1.86. The van der Waals surface area contributed by atoms with Crippen molar-refractivity contribution in [1.82, 2.24) is 19.5 Å². The van der Waals surface area contributed by atoms with Gasteiger partial charge in [-0.05, 0) is 19.4 Å². The molecule has 0 unspecified atom stereocenters. The van der Waals surface area contributed by atoms with Gasteiger partial charge in [0.15, 0.2) is 5.13 Å². The monoisotopic (exact) mass is 307 g/mol. The number of hydrogen-bond acceptors (Lipinski definition) is 5. The Morgan fingerprint density at radius 3 is 3.10 bits per heavy atom. The van der Waals surface area contributed by atoms with Gasteiger partial charge in [0.2, 0.25) is 0 Å². The van der Waals surface area contributed by atoms with Crippen LogP contribution >= 0.6 is 22.9 Å². The van der Waals surface area contributed by atoms with Crippen molar-refractivity contribution in [1.29, 1.82) is 0 Å². The summed E-state index contributed by atoms with van der Waals surface area (Å²) in [4.78, 5) is 12.8. The molecule has 5 nitrogen and oxygen atoms in total. The van der Waals surface area contributed by atoms with Gasteiger partial charge in [0, 0.05) is 25.5 Å². The number of hydrogen-bond donors (Lipinski definition) is 1. The molecule has 0 atom stereocenters. The van der Waals surface area contributed by atoms with Gasteiger partial charge >= 0.3 is 0 Å². The maximum Gasteiger partial charge on any atom is 0.183 e. The van der Waals surface area contributed by atoms with Crippen LogP contribution in [0.1, 0.15) is 12.1 Å². The molecule has 104 valence electrons. The lowest BCUT2D eigenvalue weighted by atomic mass is 10.3. The third-order valence-corrected chi connectivity index (χ3v) is 4.10. The van der Waals surface area contributed by atoms with E-state index in [4.69, 9.17) is 11.6 Å². The van der Waals surface area contributed by atoms with Crippen LogP contribution in [0.25, 0.3) is 10.2 Å². The van der Waals surface area contributed by atoms with Crippen LogP contribution in [0.15, 0.2) is 24.8 Å². The van der Waals surface area contributed by atoms with Crippen LogP contribution in [0, 0.1) is 6.92 Å². The summed E-state index contributed by atoms with van der Waals surface area (Å²) < 4.78 is 3.13. The minimum atomic E-state index is 0.519. The Labute approximate surface area is 125 Å². The van der Waals surface area contributed by atoms with Crippen LogP contribution in [0.4, 0.5) is 5.13 Å². The smallest absolute Gasteiger partial charge is 0.183 e. The second kappa shape index (κ2) is 5.76. The Bertz CT molecular complexity index is 707. The Morgan fingerprint density at radius 2 is 2.30 bits per heavy atom. The van der Waals surface area contributed by atoms with Crippen LogP contribution in [0.5, 0.6) is 0 Å². The van der Waals surface area contributed by atoms with E-state index in [0.29, 0.717) is 5.15 Å². The first-order chi connectivity index (χ1) is 9.72. The predicted molar refractivity (Wildman–Crippen MR) is 82.5 cm³/mol. The zero-order valence-electron chi connectivity index (χ0n) is 11.0. The van der Waals surface area contributed by atoms with E-state index in [1.54, 1.807) is 17.5 Å². The maximum atomic E-state index is 5.96. The molecule has 20 heavy (non-hydrogen) atoms. The van der Waals surface area contributed by atoms with Crippen molar-refractivity contribution in [3.63, 3.8) is 0 Å². The number of pyridine rings is 1. The summed E-state index contributed by atoms with van der Waals surface area (Å²) in [6.07, 6.45) is 6.61. The number of fused-ring (bicyclic) bond motifs is 1. The first-order valence-electron chi connectivity index (χ1n) is 6.35. The van der Waals surface area contributed by atoms with E-state index in [1.807, 2.05) is 25.5 Å². The number of nitrogens with zero attached hydrogens (tertiary/aromatic N) is 4. The van der Waals surface area contributed by atoms with E-state index >= 15 is 0 Å². The molecule has 0 saturated carbocycles. The molecule has 0 amide bonds. The highest BCUT2D eigenvalue weighted by Crippen LogP contribution is 2.29. The number of rotatable bonds is 5. The van der Waals surface area contributed by atoms with Gasteiger partial charge in [0.25, 0.3) is 0 Å². The van der Waals surface area contributed by atoms with E-state index < -0.39 is 0 Å². The maximum absolute atomic E-state index is 5.96. The van der Waals surface area contributed by atoms with Gasteiger partial charge in [-0.25, -0.2) is 15.0 Å². The lowest BCUT2D eigenvalue weighted by Crippen LogP contribution is -2.05. The minimum absolute atomic E-state index is 0.519. The molecule has 0 aromatic carbocycles. The average Bonchev–Trinajstić information content (AvgIpc) is 3.03. The van der Waals surface area contributed by atoms with Gasteiger partial charge in [-0.2, -0.15) is 0 Å². The van der Waals surface area contributed by atoms with Crippen molar-refractivity contribution in [3.05, 3.63) is 35.6 Å². The molecule has 0 aliphatic heterocycles. The molecular weight excluding hydrogens is 294 g/mol. The second-order valence-corrected chi connectivity index (χ2v) is 5.89. The third kappa shape index (κ3) is 2.91. The lowest BCUT2D eigenvalue weighted by molar-refractivity contribution is 0.660. The van der Waals surface area contributed by atoms with Crippen molar-refractivity contribution >= 4 is 38.3 Å². The van der Waals surface area contributed by atoms with Crippen molar-refractivity contribution in [2.75, 3.05) is 11.9 Å². The number of anilines is 1. The SMILES string of the molecule is Cc1nc(Cl)cc2sc(NCCCn3ccnc3)nc12. The van der Waals surface area contributed by atoms with Gasteiger partial charge in [-0.3, -0.25) is 0 Å². The fourth-order valence-electron chi connectivity index (χ4n) is 1.99. The van der Waals surface area contributed by atoms with Crippen molar-refractivity contribution in [2.45, 2.75) is 19.9 Å². The van der Waals surface area contributed by atoms with Crippen LogP contribution in [-0.2, 0) is 6.54 Å². The highest BCUT2D eigenvalue weighted by molar-refractivity contribution is 7.22. The zero-order valence-corrected chi connectivity index (χ0v) is 12.6. The summed E-state index contributed by atoms with van der Waals surface area (Å²) in [5.41, 5.74) is 1.80. The van der Waals surface area contributed by atoms with Gasteiger partial charge in [-0.1, -0.05) is 22.9 Å². The van der Waals surface area contributed by atoms with Crippen molar-refractivity contribution in [3.8, 4) is 0 Å². The molecule has 0 bridgehead atoms. The molecular formula is C13H14ClN5S. The van der Waals surface area contributed by atoms with E-state index in [-0.39, 0.29) is 0 Å². The minimum Gasteiger partial charge on any atom is -0.361 e. The quantitative estimate of drug-likeness (QED) is 0.580. The average molecular weight is 308 g/mol. The van der Waals surface area contributed by atoms with E-state index in [2.05, 4.69) is 24.8 Å².